The van der Waals surface area contributed by atoms with E-state index in [1.54, 1.807) is 18.4 Å². The van der Waals surface area contributed by atoms with Crippen molar-refractivity contribution in [3.05, 3.63) is 50.6 Å². The van der Waals surface area contributed by atoms with E-state index in [1.165, 1.54) is 0 Å². The quantitative estimate of drug-likeness (QED) is 0.690. The van der Waals surface area contributed by atoms with Gasteiger partial charge in [0.05, 0.1) is 29.1 Å². The highest BCUT2D eigenvalue weighted by Gasteiger charge is 2.18. The first-order valence-corrected chi connectivity index (χ1v) is 7.11. The van der Waals surface area contributed by atoms with Gasteiger partial charge in [0.25, 0.3) is 0 Å². The normalized spacial score (nSPS) is 12.7. The number of thiophene rings is 1. The lowest BCUT2D eigenvalue weighted by atomic mass is 10.0. The van der Waals surface area contributed by atoms with Crippen LogP contribution in [0.15, 0.2) is 34.4 Å². The average Bonchev–Trinajstić information content (AvgIpc) is 3.04. The molecular weight excluding hydrogens is 274 g/mol. The highest BCUT2D eigenvalue weighted by atomic mass is 32.1. The Morgan fingerprint density at radius 1 is 1.25 bits per heavy atom. The number of fused-ring (bicyclic) bond motifs is 1. The maximum atomic E-state index is 11.3. The van der Waals surface area contributed by atoms with Crippen molar-refractivity contribution in [2.45, 2.75) is 6.04 Å². The van der Waals surface area contributed by atoms with E-state index in [1.807, 2.05) is 36.7 Å². The van der Waals surface area contributed by atoms with Crippen molar-refractivity contribution >= 4 is 22.4 Å². The Morgan fingerprint density at radius 2 is 2.05 bits per heavy atom. The molecule has 0 amide bonds. The van der Waals surface area contributed by atoms with Crippen LogP contribution in [0.1, 0.15) is 16.5 Å². The van der Waals surface area contributed by atoms with Crippen LogP contribution in [0.25, 0.3) is 11.0 Å². The van der Waals surface area contributed by atoms with Crippen LogP contribution in [0.4, 0.5) is 0 Å². The first-order chi connectivity index (χ1) is 9.72. The van der Waals surface area contributed by atoms with Crippen LogP contribution in [-0.2, 0) is 0 Å². The van der Waals surface area contributed by atoms with Crippen molar-refractivity contribution in [1.29, 1.82) is 0 Å². The Kier molecular flexibility index (Phi) is 3.33. The van der Waals surface area contributed by atoms with E-state index < -0.39 is 0 Å². The van der Waals surface area contributed by atoms with Crippen molar-refractivity contribution in [3.63, 3.8) is 0 Å². The predicted octanol–water partition coefficient (Wildman–Crippen LogP) is 2.24. The second kappa shape index (κ2) is 5.15. The van der Waals surface area contributed by atoms with Crippen LogP contribution in [0.3, 0.4) is 0 Å². The van der Waals surface area contributed by atoms with Crippen LogP contribution >= 0.6 is 11.3 Å². The Hall–Kier alpha value is -2.05. The van der Waals surface area contributed by atoms with E-state index in [2.05, 4.69) is 15.3 Å². The van der Waals surface area contributed by atoms with Crippen LogP contribution in [-0.4, -0.2) is 24.1 Å². The number of methoxy groups -OCH3 is 1. The zero-order chi connectivity index (χ0) is 14.1. The molecule has 0 spiro atoms. The molecule has 0 aliphatic carbocycles. The second-order valence-electron chi connectivity index (χ2n) is 4.46. The minimum atomic E-state index is -0.188. The minimum absolute atomic E-state index is 0.0350. The number of hydrogen-bond donors (Lipinski definition) is 3. The molecule has 2 aromatic heterocycles. The van der Waals surface area contributed by atoms with Gasteiger partial charge in [-0.3, -0.25) is 0 Å². The van der Waals surface area contributed by atoms with E-state index in [9.17, 15) is 4.79 Å². The van der Waals surface area contributed by atoms with E-state index >= 15 is 0 Å². The van der Waals surface area contributed by atoms with E-state index in [4.69, 9.17) is 4.74 Å². The summed E-state index contributed by atoms with van der Waals surface area (Å²) in [5.74, 6) is 0.872. The van der Waals surface area contributed by atoms with Gasteiger partial charge in [0.1, 0.15) is 5.75 Å². The molecule has 2 heterocycles. The largest absolute Gasteiger partial charge is 0.496 e. The summed E-state index contributed by atoms with van der Waals surface area (Å²) in [5.41, 5.74) is 2.51. The van der Waals surface area contributed by atoms with Crippen LogP contribution < -0.4 is 15.7 Å². The number of rotatable bonds is 4. The standard InChI is InChI=1S/C14H15N3O2S/c1-15-12(13-11(19-2)5-6-20-13)8-3-4-9-10(7-8)17-14(18)16-9/h3-7,12,15H,1-2H3,(H2,16,17,18). The van der Waals surface area contributed by atoms with Crippen molar-refractivity contribution in [1.82, 2.24) is 15.3 Å². The molecule has 3 aromatic rings. The molecule has 6 heteroatoms. The zero-order valence-corrected chi connectivity index (χ0v) is 12.0. The summed E-state index contributed by atoms with van der Waals surface area (Å²) < 4.78 is 5.39. The molecular formula is C14H15N3O2S. The third kappa shape index (κ3) is 2.13. The maximum Gasteiger partial charge on any atom is 0.323 e. The van der Waals surface area contributed by atoms with Gasteiger partial charge in [-0.25, -0.2) is 4.79 Å². The third-order valence-electron chi connectivity index (χ3n) is 3.30. The van der Waals surface area contributed by atoms with Crippen molar-refractivity contribution in [2.75, 3.05) is 14.2 Å². The number of H-pyrrole nitrogens is 2. The summed E-state index contributed by atoms with van der Waals surface area (Å²) in [6, 6.07) is 7.89. The molecule has 0 saturated carbocycles. The molecule has 0 saturated heterocycles. The molecule has 20 heavy (non-hydrogen) atoms. The van der Waals surface area contributed by atoms with Crippen LogP contribution in [0, 0.1) is 0 Å². The molecule has 3 N–H and O–H groups in total. The fourth-order valence-corrected chi connectivity index (χ4v) is 3.36. The van der Waals surface area contributed by atoms with Gasteiger partial charge in [0.2, 0.25) is 0 Å². The molecule has 0 fully saturated rings. The number of imidazole rings is 1. The monoisotopic (exact) mass is 289 g/mol. The lowest BCUT2D eigenvalue weighted by molar-refractivity contribution is 0.409. The average molecular weight is 289 g/mol. The lowest BCUT2D eigenvalue weighted by Crippen LogP contribution is -2.17. The molecule has 1 atom stereocenters. The summed E-state index contributed by atoms with van der Waals surface area (Å²) >= 11 is 1.65. The number of benzene rings is 1. The Balaban J connectivity index is 2.08. The van der Waals surface area contributed by atoms with Gasteiger partial charge >= 0.3 is 5.69 Å². The van der Waals surface area contributed by atoms with Crippen LogP contribution in [0.2, 0.25) is 0 Å². The fourth-order valence-electron chi connectivity index (χ4n) is 2.37. The van der Waals surface area contributed by atoms with Gasteiger partial charge < -0.3 is 20.0 Å². The van der Waals surface area contributed by atoms with E-state index in [-0.39, 0.29) is 11.7 Å². The molecule has 1 unspecified atom stereocenters. The number of ether oxygens (including phenoxy) is 1. The molecule has 5 nitrogen and oxygen atoms in total. The predicted molar refractivity (Wildman–Crippen MR) is 80.7 cm³/mol. The molecule has 0 aliphatic heterocycles. The first kappa shape index (κ1) is 13.0. The third-order valence-corrected chi connectivity index (χ3v) is 4.26. The summed E-state index contributed by atoms with van der Waals surface area (Å²) in [7, 11) is 3.58. The maximum absolute atomic E-state index is 11.3. The fraction of sp³-hybridized carbons (Fsp3) is 0.214. The van der Waals surface area contributed by atoms with Gasteiger partial charge in [-0.1, -0.05) is 6.07 Å². The van der Waals surface area contributed by atoms with Crippen molar-refractivity contribution in [2.24, 2.45) is 0 Å². The smallest absolute Gasteiger partial charge is 0.323 e. The van der Waals surface area contributed by atoms with Gasteiger partial charge in [-0.15, -0.1) is 11.3 Å². The molecule has 3 rings (SSSR count). The summed E-state index contributed by atoms with van der Waals surface area (Å²) in [4.78, 5) is 18.0. The SMILES string of the molecule is CNC(c1ccc2[nH]c(=O)[nH]c2c1)c1sccc1OC. The Morgan fingerprint density at radius 3 is 2.80 bits per heavy atom. The van der Waals surface area contributed by atoms with Gasteiger partial charge in [-0.05, 0) is 36.2 Å². The zero-order valence-electron chi connectivity index (χ0n) is 11.2. The summed E-state index contributed by atoms with van der Waals surface area (Å²) in [6.07, 6.45) is 0. The lowest BCUT2D eigenvalue weighted by Gasteiger charge is -2.16. The van der Waals surface area contributed by atoms with Crippen molar-refractivity contribution in [3.8, 4) is 5.75 Å². The minimum Gasteiger partial charge on any atom is -0.496 e. The topological polar surface area (TPSA) is 69.9 Å². The van der Waals surface area contributed by atoms with Crippen LogP contribution in [0.5, 0.6) is 5.75 Å². The first-order valence-electron chi connectivity index (χ1n) is 6.23. The van der Waals surface area contributed by atoms with Gasteiger partial charge in [-0.2, -0.15) is 0 Å². The number of nitrogens with one attached hydrogen (secondary N) is 3. The Labute approximate surface area is 119 Å². The number of aromatic nitrogens is 2. The highest BCUT2D eigenvalue weighted by molar-refractivity contribution is 7.10. The molecule has 1 aromatic carbocycles. The summed E-state index contributed by atoms with van der Waals surface area (Å²) in [6.45, 7) is 0. The molecule has 104 valence electrons. The number of hydrogen-bond acceptors (Lipinski definition) is 4. The number of aromatic amines is 2. The molecule has 0 aliphatic rings. The Bertz CT molecular complexity index is 787. The van der Waals surface area contributed by atoms with E-state index in [0.29, 0.717) is 0 Å². The molecule has 0 radical (unpaired) electrons. The highest BCUT2D eigenvalue weighted by Crippen LogP contribution is 2.35. The van der Waals surface area contributed by atoms with Gasteiger partial charge in [0, 0.05) is 0 Å². The molecule has 0 bridgehead atoms. The van der Waals surface area contributed by atoms with Crippen molar-refractivity contribution < 1.29 is 4.74 Å². The van der Waals surface area contributed by atoms with E-state index in [0.717, 1.165) is 27.2 Å². The van der Waals surface area contributed by atoms with Gasteiger partial charge in [0.15, 0.2) is 0 Å². The summed E-state index contributed by atoms with van der Waals surface area (Å²) in [5, 5.41) is 5.30. The second-order valence-corrected chi connectivity index (χ2v) is 5.41.